The van der Waals surface area contributed by atoms with E-state index in [1.807, 2.05) is 49.4 Å². The van der Waals surface area contributed by atoms with Crippen LogP contribution < -0.4 is 5.32 Å². The smallest absolute Gasteiger partial charge is 0.412 e. The van der Waals surface area contributed by atoms with E-state index in [-0.39, 0.29) is 18.0 Å². The molecule has 8 heteroatoms. The summed E-state index contributed by atoms with van der Waals surface area (Å²) < 4.78 is 30.0. The maximum absolute atomic E-state index is 14.1. The first-order valence-corrected chi connectivity index (χ1v) is 12.3. The summed E-state index contributed by atoms with van der Waals surface area (Å²) in [5.41, 5.74) is 5.75. The molecule has 0 aliphatic carbocycles. The summed E-state index contributed by atoms with van der Waals surface area (Å²) in [5, 5.41) is 6.71. The van der Waals surface area contributed by atoms with Gasteiger partial charge in [0.25, 0.3) is 0 Å². The highest BCUT2D eigenvalue weighted by molar-refractivity contribution is 5.91. The number of nitrogens with zero attached hydrogens (tertiary/aromatic N) is 1. The first kappa shape index (κ1) is 26.6. The summed E-state index contributed by atoms with van der Waals surface area (Å²) >= 11 is 0. The number of anilines is 1. The second-order valence-corrected chi connectivity index (χ2v) is 8.87. The molecule has 0 spiro atoms. The second kappa shape index (κ2) is 11.7. The first-order chi connectivity index (χ1) is 18.3. The van der Waals surface area contributed by atoms with E-state index in [9.17, 15) is 14.0 Å². The standard InChI is InChI=1S/C30H29FN2O5/c1-5-36-27(34)17-21-10-12-22(13-11-21)24-15-14-23(16-18(24)2)29-28(19(3)33-38-29)32-30(35)37-20(4)25-8-6-7-9-26(25)31/h6-16,20H,5,17H2,1-4H3,(H,32,35). The van der Waals surface area contributed by atoms with E-state index in [0.717, 1.165) is 27.8 Å². The molecule has 1 aromatic heterocycles. The minimum absolute atomic E-state index is 0.230. The summed E-state index contributed by atoms with van der Waals surface area (Å²) in [5.74, 6) is -0.311. The first-order valence-electron chi connectivity index (χ1n) is 12.3. The Morgan fingerprint density at radius 3 is 2.42 bits per heavy atom. The molecule has 0 fully saturated rings. The Morgan fingerprint density at radius 1 is 1.03 bits per heavy atom. The lowest BCUT2D eigenvalue weighted by Crippen LogP contribution is -2.17. The third-order valence-corrected chi connectivity index (χ3v) is 6.12. The van der Waals surface area contributed by atoms with E-state index in [1.165, 1.54) is 6.07 Å². The van der Waals surface area contributed by atoms with Crippen LogP contribution in [0.1, 0.15) is 42.3 Å². The van der Waals surface area contributed by atoms with Gasteiger partial charge in [0.15, 0.2) is 5.76 Å². The predicted octanol–water partition coefficient (Wildman–Crippen LogP) is 7.18. The van der Waals surface area contributed by atoms with Crippen LogP contribution in [0.25, 0.3) is 22.5 Å². The zero-order chi connectivity index (χ0) is 27.2. The average molecular weight is 517 g/mol. The van der Waals surface area contributed by atoms with Gasteiger partial charge in [0.05, 0.1) is 13.0 Å². The van der Waals surface area contributed by atoms with Crippen LogP contribution in [0.2, 0.25) is 0 Å². The Labute approximate surface area is 220 Å². The number of esters is 1. The molecule has 38 heavy (non-hydrogen) atoms. The third-order valence-electron chi connectivity index (χ3n) is 6.12. The number of hydrogen-bond donors (Lipinski definition) is 1. The van der Waals surface area contributed by atoms with Crippen molar-refractivity contribution in [1.82, 2.24) is 5.16 Å². The molecule has 1 unspecified atom stereocenters. The predicted molar refractivity (Wildman–Crippen MR) is 142 cm³/mol. The summed E-state index contributed by atoms with van der Waals surface area (Å²) in [7, 11) is 0. The molecule has 1 N–H and O–H groups in total. The topological polar surface area (TPSA) is 90.7 Å². The molecule has 3 aromatic carbocycles. The summed E-state index contributed by atoms with van der Waals surface area (Å²) in [6, 6.07) is 19.7. The lowest BCUT2D eigenvalue weighted by molar-refractivity contribution is -0.142. The minimum Gasteiger partial charge on any atom is -0.466 e. The van der Waals surface area contributed by atoms with Crippen molar-refractivity contribution in [1.29, 1.82) is 0 Å². The monoisotopic (exact) mass is 516 g/mol. The number of halogens is 1. The molecule has 0 aliphatic rings. The average Bonchev–Trinajstić information content (AvgIpc) is 3.24. The Kier molecular flexibility index (Phi) is 8.21. The fourth-order valence-corrected chi connectivity index (χ4v) is 4.18. The lowest BCUT2D eigenvalue weighted by Gasteiger charge is -2.15. The van der Waals surface area contributed by atoms with E-state index >= 15 is 0 Å². The zero-order valence-electron chi connectivity index (χ0n) is 21.7. The quantitative estimate of drug-likeness (QED) is 0.250. The van der Waals surface area contributed by atoms with Gasteiger partial charge in [-0.25, -0.2) is 9.18 Å². The molecule has 1 atom stereocenters. The molecule has 4 aromatic rings. The van der Waals surface area contributed by atoms with Gasteiger partial charge in [0.2, 0.25) is 0 Å². The van der Waals surface area contributed by atoms with Crippen LogP contribution in [-0.2, 0) is 20.7 Å². The van der Waals surface area contributed by atoms with Gasteiger partial charge in [-0.15, -0.1) is 0 Å². The molecule has 7 nitrogen and oxygen atoms in total. The van der Waals surface area contributed by atoms with Crippen molar-refractivity contribution < 1.29 is 28.0 Å². The molecule has 0 saturated carbocycles. The van der Waals surface area contributed by atoms with Crippen LogP contribution in [0, 0.1) is 19.7 Å². The van der Waals surface area contributed by atoms with Gasteiger partial charge < -0.3 is 14.0 Å². The van der Waals surface area contributed by atoms with Crippen LogP contribution in [0.3, 0.4) is 0 Å². The highest BCUT2D eigenvalue weighted by atomic mass is 19.1. The minimum atomic E-state index is -0.787. The summed E-state index contributed by atoms with van der Waals surface area (Å²) in [6.07, 6.45) is -1.30. The Hall–Kier alpha value is -4.46. The second-order valence-electron chi connectivity index (χ2n) is 8.87. The Bertz CT molecular complexity index is 1450. The van der Waals surface area contributed by atoms with Crippen molar-refractivity contribution in [3.63, 3.8) is 0 Å². The van der Waals surface area contributed by atoms with Crippen molar-refractivity contribution >= 4 is 17.7 Å². The van der Waals surface area contributed by atoms with E-state index in [0.29, 0.717) is 23.7 Å². The Balaban J connectivity index is 1.50. The summed E-state index contributed by atoms with van der Waals surface area (Å²) in [6.45, 7) is 7.43. The molecule has 1 heterocycles. The fraction of sp³-hybridized carbons (Fsp3) is 0.233. The number of aryl methyl sites for hydroxylation is 2. The fourth-order valence-electron chi connectivity index (χ4n) is 4.18. The van der Waals surface area contributed by atoms with Gasteiger partial charge in [0.1, 0.15) is 23.3 Å². The number of carbonyl (C=O) groups excluding carboxylic acids is 2. The van der Waals surface area contributed by atoms with Gasteiger partial charge in [-0.05, 0) is 62.1 Å². The van der Waals surface area contributed by atoms with Crippen molar-refractivity contribution in [3.8, 4) is 22.5 Å². The number of amides is 1. The van der Waals surface area contributed by atoms with Crippen molar-refractivity contribution in [2.45, 2.75) is 40.2 Å². The van der Waals surface area contributed by atoms with Crippen molar-refractivity contribution in [2.24, 2.45) is 0 Å². The van der Waals surface area contributed by atoms with Crippen LogP contribution in [0.5, 0.6) is 0 Å². The van der Waals surface area contributed by atoms with Gasteiger partial charge in [-0.2, -0.15) is 0 Å². The number of hydrogen-bond acceptors (Lipinski definition) is 6. The van der Waals surface area contributed by atoms with E-state index in [2.05, 4.69) is 10.5 Å². The van der Waals surface area contributed by atoms with E-state index in [1.54, 1.807) is 39.0 Å². The number of nitrogens with one attached hydrogen (secondary N) is 1. The molecular formula is C30H29FN2O5. The molecule has 0 saturated heterocycles. The van der Waals surface area contributed by atoms with Gasteiger partial charge in [-0.3, -0.25) is 10.1 Å². The number of benzene rings is 3. The maximum atomic E-state index is 14.1. The molecule has 4 rings (SSSR count). The SMILES string of the molecule is CCOC(=O)Cc1ccc(-c2ccc(-c3onc(C)c3NC(=O)OC(C)c3ccccc3F)cc2C)cc1. The molecule has 0 bridgehead atoms. The summed E-state index contributed by atoms with van der Waals surface area (Å²) in [4.78, 5) is 24.4. The van der Waals surface area contributed by atoms with E-state index < -0.39 is 18.0 Å². The zero-order valence-corrected chi connectivity index (χ0v) is 21.7. The van der Waals surface area contributed by atoms with Crippen LogP contribution >= 0.6 is 0 Å². The van der Waals surface area contributed by atoms with Crippen LogP contribution in [0.4, 0.5) is 14.9 Å². The number of aromatic nitrogens is 1. The van der Waals surface area contributed by atoms with Gasteiger partial charge in [0, 0.05) is 11.1 Å². The molecule has 0 aliphatic heterocycles. The molecular weight excluding hydrogens is 487 g/mol. The number of rotatable bonds is 8. The highest BCUT2D eigenvalue weighted by Gasteiger charge is 2.21. The molecule has 196 valence electrons. The molecule has 1 amide bonds. The highest BCUT2D eigenvalue weighted by Crippen LogP contribution is 2.35. The lowest BCUT2D eigenvalue weighted by atomic mass is 9.96. The number of carbonyl (C=O) groups is 2. The number of ether oxygens (including phenoxy) is 2. The van der Waals surface area contributed by atoms with Crippen LogP contribution in [-0.4, -0.2) is 23.8 Å². The maximum Gasteiger partial charge on any atom is 0.412 e. The van der Waals surface area contributed by atoms with Crippen molar-refractivity contribution in [3.05, 3.63) is 94.9 Å². The Morgan fingerprint density at radius 2 is 1.74 bits per heavy atom. The van der Waals surface area contributed by atoms with E-state index in [4.69, 9.17) is 14.0 Å². The largest absolute Gasteiger partial charge is 0.466 e. The van der Waals surface area contributed by atoms with Crippen LogP contribution in [0.15, 0.2) is 71.3 Å². The normalized spacial score (nSPS) is 11.6. The van der Waals surface area contributed by atoms with Gasteiger partial charge in [-0.1, -0.05) is 59.8 Å². The third kappa shape index (κ3) is 6.08. The van der Waals surface area contributed by atoms with Gasteiger partial charge >= 0.3 is 12.1 Å². The van der Waals surface area contributed by atoms with Crippen molar-refractivity contribution in [2.75, 3.05) is 11.9 Å². The molecule has 0 radical (unpaired) electrons.